The highest BCUT2D eigenvalue weighted by molar-refractivity contribution is 5.95. The van der Waals surface area contributed by atoms with Crippen LogP contribution in [0.5, 0.6) is 17.2 Å². The molecule has 0 saturated carbocycles. The molecule has 1 atom stereocenters. The lowest BCUT2D eigenvalue weighted by molar-refractivity contribution is -0.152. The maximum atomic E-state index is 12.3. The van der Waals surface area contributed by atoms with Gasteiger partial charge in [-0.2, -0.15) is 0 Å². The van der Waals surface area contributed by atoms with Gasteiger partial charge in [0.15, 0.2) is 17.6 Å². The summed E-state index contributed by atoms with van der Waals surface area (Å²) in [6, 6.07) is 12.1. The molecule has 0 aliphatic heterocycles. The Morgan fingerprint density at radius 3 is 2.26 bits per heavy atom. The van der Waals surface area contributed by atoms with Crippen LogP contribution < -0.4 is 19.5 Å². The van der Waals surface area contributed by atoms with Gasteiger partial charge in [-0.15, -0.1) is 0 Å². The number of esters is 1. The van der Waals surface area contributed by atoms with E-state index >= 15 is 0 Å². The zero-order valence-electron chi connectivity index (χ0n) is 15.8. The third kappa shape index (κ3) is 5.37. The van der Waals surface area contributed by atoms with Crippen LogP contribution in [0.4, 0.5) is 5.69 Å². The Labute approximate surface area is 158 Å². The van der Waals surface area contributed by atoms with Gasteiger partial charge < -0.3 is 24.3 Å². The molecule has 1 amide bonds. The quantitative estimate of drug-likeness (QED) is 0.717. The van der Waals surface area contributed by atoms with Crippen molar-refractivity contribution in [2.24, 2.45) is 0 Å². The maximum absolute atomic E-state index is 12.3. The van der Waals surface area contributed by atoms with Crippen LogP contribution in [-0.4, -0.2) is 39.3 Å². The van der Waals surface area contributed by atoms with Crippen molar-refractivity contribution >= 4 is 17.6 Å². The van der Waals surface area contributed by atoms with Crippen LogP contribution in [0.1, 0.15) is 12.5 Å². The zero-order chi connectivity index (χ0) is 19.8. The van der Waals surface area contributed by atoms with E-state index in [1.54, 1.807) is 36.4 Å². The van der Waals surface area contributed by atoms with Crippen LogP contribution in [0.3, 0.4) is 0 Å². The molecule has 2 rings (SSSR count). The molecule has 0 saturated heterocycles. The second-order valence-corrected chi connectivity index (χ2v) is 5.68. The van der Waals surface area contributed by atoms with E-state index in [0.29, 0.717) is 28.5 Å². The number of para-hydroxylation sites is 1. The first-order chi connectivity index (χ1) is 13.0. The summed E-state index contributed by atoms with van der Waals surface area (Å²) < 4.78 is 20.8. The Kier molecular flexibility index (Phi) is 7.05. The number of rotatable bonds is 8. The molecule has 0 unspecified atom stereocenters. The number of benzene rings is 2. The zero-order valence-corrected chi connectivity index (χ0v) is 15.8. The van der Waals surface area contributed by atoms with Crippen molar-refractivity contribution in [1.82, 2.24) is 0 Å². The van der Waals surface area contributed by atoms with Crippen molar-refractivity contribution in [3.63, 3.8) is 0 Å². The number of carbonyl (C=O) groups is 2. The highest BCUT2D eigenvalue weighted by atomic mass is 16.5. The number of hydrogen-bond acceptors (Lipinski definition) is 6. The van der Waals surface area contributed by atoms with E-state index in [9.17, 15) is 9.59 Å². The van der Waals surface area contributed by atoms with Gasteiger partial charge >= 0.3 is 5.97 Å². The lowest BCUT2D eigenvalue weighted by atomic mass is 10.1. The lowest BCUT2D eigenvalue weighted by Crippen LogP contribution is -2.30. The summed E-state index contributed by atoms with van der Waals surface area (Å²) in [5.74, 6) is 0.657. The molecule has 27 heavy (non-hydrogen) atoms. The normalized spacial score (nSPS) is 11.3. The van der Waals surface area contributed by atoms with Crippen molar-refractivity contribution < 1.29 is 28.5 Å². The van der Waals surface area contributed by atoms with E-state index in [1.807, 2.05) is 6.07 Å². The van der Waals surface area contributed by atoms with Crippen LogP contribution in [0.2, 0.25) is 0 Å². The fraction of sp³-hybridized carbons (Fsp3) is 0.300. The van der Waals surface area contributed by atoms with Crippen LogP contribution in [0.15, 0.2) is 42.5 Å². The van der Waals surface area contributed by atoms with Gasteiger partial charge in [-0.05, 0) is 25.1 Å². The van der Waals surface area contributed by atoms with Gasteiger partial charge in [0, 0.05) is 17.3 Å². The number of anilines is 1. The number of methoxy groups -OCH3 is 3. The van der Waals surface area contributed by atoms with Gasteiger partial charge in [0.1, 0.15) is 5.75 Å². The minimum Gasteiger partial charge on any atom is -0.496 e. The molecule has 1 N–H and O–H groups in total. The minimum atomic E-state index is -0.958. The average molecular weight is 373 g/mol. The molecule has 7 heteroatoms. The van der Waals surface area contributed by atoms with Gasteiger partial charge in [0.05, 0.1) is 27.8 Å². The molecule has 0 radical (unpaired) electrons. The molecule has 7 nitrogen and oxygen atoms in total. The molecule has 0 aromatic heterocycles. The van der Waals surface area contributed by atoms with Crippen LogP contribution in [-0.2, 0) is 20.7 Å². The van der Waals surface area contributed by atoms with Gasteiger partial charge in [-0.25, -0.2) is 0 Å². The summed E-state index contributed by atoms with van der Waals surface area (Å²) in [7, 11) is 4.56. The van der Waals surface area contributed by atoms with Crippen molar-refractivity contribution in [3.05, 3.63) is 48.0 Å². The average Bonchev–Trinajstić information content (AvgIpc) is 2.68. The van der Waals surface area contributed by atoms with E-state index in [1.165, 1.54) is 28.3 Å². The number of carbonyl (C=O) groups excluding carboxylic acids is 2. The van der Waals surface area contributed by atoms with Crippen LogP contribution in [0.25, 0.3) is 0 Å². The predicted octanol–water partition coefficient (Wildman–Crippen LogP) is 2.83. The minimum absolute atomic E-state index is 0.0119. The molecule has 0 aliphatic rings. The highest BCUT2D eigenvalue weighted by Crippen LogP contribution is 2.29. The van der Waals surface area contributed by atoms with E-state index in [-0.39, 0.29) is 6.42 Å². The maximum Gasteiger partial charge on any atom is 0.311 e. The molecular weight excluding hydrogens is 350 g/mol. The van der Waals surface area contributed by atoms with Gasteiger partial charge in [-0.3, -0.25) is 9.59 Å². The third-order valence-electron chi connectivity index (χ3n) is 3.86. The first-order valence-corrected chi connectivity index (χ1v) is 8.32. The first-order valence-electron chi connectivity index (χ1n) is 8.32. The van der Waals surface area contributed by atoms with Crippen molar-refractivity contribution in [2.75, 3.05) is 26.6 Å². The summed E-state index contributed by atoms with van der Waals surface area (Å²) in [5, 5.41) is 2.68. The van der Waals surface area contributed by atoms with Crippen molar-refractivity contribution in [2.45, 2.75) is 19.4 Å². The van der Waals surface area contributed by atoms with Gasteiger partial charge in [0.25, 0.3) is 5.91 Å². The molecule has 144 valence electrons. The largest absolute Gasteiger partial charge is 0.496 e. The van der Waals surface area contributed by atoms with E-state index in [0.717, 1.165) is 0 Å². The smallest absolute Gasteiger partial charge is 0.311 e. The van der Waals surface area contributed by atoms with Gasteiger partial charge in [0.2, 0.25) is 0 Å². The summed E-state index contributed by atoms with van der Waals surface area (Å²) in [5.41, 5.74) is 1.20. The topological polar surface area (TPSA) is 83.1 Å². The fourth-order valence-electron chi connectivity index (χ4n) is 2.45. The Hall–Kier alpha value is -3.22. The van der Waals surface area contributed by atoms with Gasteiger partial charge in [-0.1, -0.05) is 18.2 Å². The standard InChI is InChI=1S/C20H23NO6/c1-13(27-19(22)11-14-7-5-6-8-16(14)24-2)20(23)21-15-9-10-17(25-3)18(12-15)26-4/h5-10,12-13H,11H2,1-4H3,(H,21,23)/t13-/m0/s1. The van der Waals surface area contributed by atoms with Crippen LogP contribution >= 0.6 is 0 Å². The van der Waals surface area contributed by atoms with Crippen LogP contribution in [0, 0.1) is 0 Å². The molecule has 0 aliphatic carbocycles. The summed E-state index contributed by atoms with van der Waals surface area (Å²) in [4.78, 5) is 24.4. The molecule has 0 spiro atoms. The number of amides is 1. The SMILES string of the molecule is COc1ccccc1CC(=O)O[C@@H](C)C(=O)Nc1ccc(OC)c(OC)c1. The van der Waals surface area contributed by atoms with E-state index < -0.39 is 18.0 Å². The summed E-state index contributed by atoms with van der Waals surface area (Å²) >= 11 is 0. The number of ether oxygens (including phenoxy) is 4. The highest BCUT2D eigenvalue weighted by Gasteiger charge is 2.19. The molecule has 0 bridgehead atoms. The lowest BCUT2D eigenvalue weighted by Gasteiger charge is -2.15. The number of nitrogens with one attached hydrogen (secondary N) is 1. The summed E-state index contributed by atoms with van der Waals surface area (Å²) in [6.45, 7) is 1.51. The second kappa shape index (κ2) is 9.47. The Balaban J connectivity index is 1.96. The number of hydrogen-bond donors (Lipinski definition) is 1. The molecule has 2 aromatic rings. The van der Waals surface area contributed by atoms with E-state index in [2.05, 4.69) is 5.32 Å². The Morgan fingerprint density at radius 1 is 0.926 bits per heavy atom. The van der Waals surface area contributed by atoms with Crippen molar-refractivity contribution in [1.29, 1.82) is 0 Å². The first kappa shape index (κ1) is 20.1. The molecule has 2 aromatic carbocycles. The molecule has 0 fully saturated rings. The molecule has 0 heterocycles. The second-order valence-electron chi connectivity index (χ2n) is 5.68. The fourth-order valence-corrected chi connectivity index (χ4v) is 2.45. The predicted molar refractivity (Wildman–Crippen MR) is 100 cm³/mol. The Bertz CT molecular complexity index is 805. The Morgan fingerprint density at radius 2 is 1.59 bits per heavy atom. The van der Waals surface area contributed by atoms with Crippen molar-refractivity contribution in [3.8, 4) is 17.2 Å². The molecular formula is C20H23NO6. The monoisotopic (exact) mass is 373 g/mol. The van der Waals surface area contributed by atoms with E-state index in [4.69, 9.17) is 18.9 Å². The summed E-state index contributed by atoms with van der Waals surface area (Å²) in [6.07, 6.45) is -0.946. The third-order valence-corrected chi connectivity index (χ3v) is 3.86.